The number of sulfonamides is 1. The molecule has 0 aliphatic carbocycles. The molecule has 0 saturated heterocycles. The second kappa shape index (κ2) is 8.90. The van der Waals surface area contributed by atoms with E-state index in [2.05, 4.69) is 18.6 Å². The van der Waals surface area contributed by atoms with Crippen molar-refractivity contribution in [2.45, 2.75) is 31.1 Å². The molecule has 1 amide bonds. The molecule has 27 heavy (non-hydrogen) atoms. The van der Waals surface area contributed by atoms with Crippen molar-refractivity contribution in [1.29, 1.82) is 0 Å². The summed E-state index contributed by atoms with van der Waals surface area (Å²) in [6.45, 7) is 4.14. The Hall–Kier alpha value is -2.54. The Balaban J connectivity index is 2.03. The van der Waals surface area contributed by atoms with Crippen LogP contribution in [0.5, 0.6) is 5.75 Å². The van der Waals surface area contributed by atoms with Gasteiger partial charge in [0.2, 0.25) is 0 Å². The fourth-order valence-electron chi connectivity index (χ4n) is 2.32. The third-order valence-corrected chi connectivity index (χ3v) is 5.74. The van der Waals surface area contributed by atoms with E-state index >= 15 is 0 Å². The van der Waals surface area contributed by atoms with Crippen LogP contribution in [0.25, 0.3) is 0 Å². The maximum atomic E-state index is 12.5. The number of anilines is 1. The van der Waals surface area contributed by atoms with E-state index in [-0.39, 0.29) is 17.4 Å². The summed E-state index contributed by atoms with van der Waals surface area (Å²) >= 11 is 0. The molecule has 146 valence electrons. The van der Waals surface area contributed by atoms with Gasteiger partial charge < -0.3 is 9.64 Å². The van der Waals surface area contributed by atoms with Gasteiger partial charge in [-0.05, 0) is 54.3 Å². The second-order valence-electron chi connectivity index (χ2n) is 6.59. The van der Waals surface area contributed by atoms with Crippen molar-refractivity contribution in [3.63, 3.8) is 0 Å². The monoisotopic (exact) mass is 390 g/mol. The molecule has 0 bridgehead atoms. The Morgan fingerprint density at radius 1 is 1.07 bits per heavy atom. The van der Waals surface area contributed by atoms with E-state index in [9.17, 15) is 13.2 Å². The van der Waals surface area contributed by atoms with Crippen molar-refractivity contribution in [2.75, 3.05) is 25.4 Å². The second-order valence-corrected chi connectivity index (χ2v) is 8.27. The topological polar surface area (TPSA) is 75.7 Å². The Bertz CT molecular complexity index is 860. The van der Waals surface area contributed by atoms with Gasteiger partial charge in [-0.25, -0.2) is 8.42 Å². The van der Waals surface area contributed by atoms with Crippen LogP contribution in [0.2, 0.25) is 0 Å². The minimum absolute atomic E-state index is 0.0688. The summed E-state index contributed by atoms with van der Waals surface area (Å²) < 4.78 is 33.0. The Morgan fingerprint density at radius 3 is 2.19 bits per heavy atom. The van der Waals surface area contributed by atoms with Gasteiger partial charge in [-0.15, -0.1) is 0 Å². The highest BCUT2D eigenvalue weighted by atomic mass is 32.2. The fourth-order valence-corrected chi connectivity index (χ4v) is 3.38. The first-order chi connectivity index (χ1) is 12.7. The number of hydrogen-bond acceptors (Lipinski definition) is 4. The van der Waals surface area contributed by atoms with Crippen molar-refractivity contribution in [2.24, 2.45) is 0 Å². The van der Waals surface area contributed by atoms with Gasteiger partial charge in [0.15, 0.2) is 6.61 Å². The van der Waals surface area contributed by atoms with Crippen LogP contribution >= 0.6 is 0 Å². The first-order valence-electron chi connectivity index (χ1n) is 8.78. The Morgan fingerprint density at radius 2 is 1.67 bits per heavy atom. The molecule has 0 aliphatic rings. The first kappa shape index (κ1) is 20.8. The summed E-state index contributed by atoms with van der Waals surface area (Å²) in [5.74, 6) is 0.730. The first-order valence-corrected chi connectivity index (χ1v) is 10.3. The number of nitrogens with zero attached hydrogens (tertiary/aromatic N) is 1. The van der Waals surface area contributed by atoms with Crippen LogP contribution in [-0.4, -0.2) is 39.9 Å². The average Bonchev–Trinajstić information content (AvgIpc) is 2.66. The molecular formula is C20H26N2O4S. The minimum atomic E-state index is -3.66. The molecule has 2 rings (SSSR count). The van der Waals surface area contributed by atoms with Crippen LogP contribution in [0.15, 0.2) is 53.4 Å². The fraction of sp³-hybridized carbons (Fsp3) is 0.350. The van der Waals surface area contributed by atoms with Gasteiger partial charge in [-0.1, -0.05) is 26.0 Å². The zero-order chi connectivity index (χ0) is 20.0. The third kappa shape index (κ3) is 5.72. The number of carbonyl (C=O) groups excluding carboxylic acids is 1. The summed E-state index contributed by atoms with van der Waals surface area (Å²) in [7, 11) is -0.360. The van der Waals surface area contributed by atoms with Crippen LogP contribution in [-0.2, 0) is 14.8 Å². The number of nitrogens with one attached hydrogen (secondary N) is 1. The van der Waals surface area contributed by atoms with Gasteiger partial charge in [-0.3, -0.25) is 9.52 Å². The van der Waals surface area contributed by atoms with E-state index in [0.29, 0.717) is 17.4 Å². The molecule has 6 nitrogen and oxygen atoms in total. The lowest BCUT2D eigenvalue weighted by Gasteiger charge is -2.13. The quantitative estimate of drug-likeness (QED) is 0.749. The molecule has 7 heteroatoms. The molecule has 2 aromatic carbocycles. The number of hydrogen-bond donors (Lipinski definition) is 1. The smallest absolute Gasteiger partial charge is 0.261 e. The Labute approximate surface area is 161 Å². The normalized spacial score (nSPS) is 12.3. The lowest BCUT2D eigenvalue weighted by molar-refractivity contribution is -0.130. The number of likely N-dealkylation sites (N-methyl/N-ethyl adjacent to an activating group) is 1. The van der Waals surface area contributed by atoms with Gasteiger partial charge >= 0.3 is 0 Å². The molecule has 0 aliphatic heterocycles. The van der Waals surface area contributed by atoms with E-state index in [1.54, 1.807) is 50.5 Å². The summed E-state index contributed by atoms with van der Waals surface area (Å²) in [6.07, 6.45) is 0.999. The van der Waals surface area contributed by atoms with Gasteiger partial charge in [-0.2, -0.15) is 0 Å². The van der Waals surface area contributed by atoms with Crippen LogP contribution < -0.4 is 9.46 Å². The van der Waals surface area contributed by atoms with Crippen molar-refractivity contribution in [3.05, 3.63) is 54.1 Å². The highest BCUT2D eigenvalue weighted by molar-refractivity contribution is 7.92. The molecule has 2 aromatic rings. The van der Waals surface area contributed by atoms with Crippen molar-refractivity contribution >= 4 is 21.6 Å². The number of ether oxygens (including phenoxy) is 1. The van der Waals surface area contributed by atoms with Gasteiger partial charge in [0.1, 0.15) is 5.75 Å². The number of rotatable bonds is 8. The van der Waals surface area contributed by atoms with Crippen LogP contribution in [0, 0.1) is 0 Å². The van der Waals surface area contributed by atoms with E-state index in [4.69, 9.17) is 4.74 Å². The van der Waals surface area contributed by atoms with E-state index in [0.717, 1.165) is 12.0 Å². The summed E-state index contributed by atoms with van der Waals surface area (Å²) in [5.41, 5.74) is 1.54. The van der Waals surface area contributed by atoms with Gasteiger partial charge in [0, 0.05) is 19.8 Å². The van der Waals surface area contributed by atoms with Gasteiger partial charge in [0.05, 0.1) is 4.90 Å². The van der Waals surface area contributed by atoms with E-state index in [1.807, 2.05) is 12.1 Å². The molecule has 0 aromatic heterocycles. The summed E-state index contributed by atoms with van der Waals surface area (Å²) in [6, 6.07) is 13.4. The molecule has 0 heterocycles. The summed E-state index contributed by atoms with van der Waals surface area (Å²) in [4.78, 5) is 13.2. The van der Waals surface area contributed by atoms with Crippen LogP contribution in [0.3, 0.4) is 0 Å². The van der Waals surface area contributed by atoms with E-state index in [1.165, 1.54) is 4.90 Å². The van der Waals surface area contributed by atoms with Crippen LogP contribution in [0.1, 0.15) is 31.7 Å². The minimum Gasteiger partial charge on any atom is -0.484 e. The molecular weight excluding hydrogens is 364 g/mol. The zero-order valence-corrected chi connectivity index (χ0v) is 16.9. The van der Waals surface area contributed by atoms with Crippen molar-refractivity contribution in [1.82, 2.24) is 4.90 Å². The van der Waals surface area contributed by atoms with Crippen LogP contribution in [0.4, 0.5) is 5.69 Å². The maximum absolute atomic E-state index is 12.5. The molecule has 1 unspecified atom stereocenters. The SMILES string of the molecule is CCC(C)c1ccc(S(=O)(=O)Nc2ccc(OCC(=O)N(C)C)cc2)cc1. The number of amides is 1. The maximum Gasteiger partial charge on any atom is 0.261 e. The predicted octanol–water partition coefficient (Wildman–Crippen LogP) is 3.47. The van der Waals surface area contributed by atoms with E-state index < -0.39 is 10.0 Å². The van der Waals surface area contributed by atoms with Crippen molar-refractivity contribution in [3.8, 4) is 5.75 Å². The van der Waals surface area contributed by atoms with Crippen molar-refractivity contribution < 1.29 is 17.9 Å². The Kier molecular flexibility index (Phi) is 6.85. The number of benzene rings is 2. The predicted molar refractivity (Wildman–Crippen MR) is 107 cm³/mol. The zero-order valence-electron chi connectivity index (χ0n) is 16.1. The highest BCUT2D eigenvalue weighted by Crippen LogP contribution is 2.23. The molecule has 0 saturated carbocycles. The lowest BCUT2D eigenvalue weighted by atomic mass is 9.99. The summed E-state index contributed by atoms with van der Waals surface area (Å²) in [5, 5.41) is 0. The average molecular weight is 391 g/mol. The van der Waals surface area contributed by atoms with Gasteiger partial charge in [0.25, 0.3) is 15.9 Å². The molecule has 0 fully saturated rings. The molecule has 1 N–H and O–H groups in total. The third-order valence-electron chi connectivity index (χ3n) is 4.34. The lowest BCUT2D eigenvalue weighted by Crippen LogP contribution is -2.27. The standard InChI is InChI=1S/C20H26N2O4S/c1-5-15(2)16-6-12-19(13-7-16)27(24,25)21-17-8-10-18(11-9-17)26-14-20(23)22(3)4/h6-13,15,21H,5,14H2,1-4H3. The number of carbonyl (C=O) groups is 1. The molecule has 0 spiro atoms. The molecule has 0 radical (unpaired) electrons. The highest BCUT2D eigenvalue weighted by Gasteiger charge is 2.15. The molecule has 1 atom stereocenters. The largest absolute Gasteiger partial charge is 0.484 e.